The van der Waals surface area contributed by atoms with E-state index < -0.39 is 0 Å². The number of nitrogens with zero attached hydrogens (tertiary/aromatic N) is 3. The van der Waals surface area contributed by atoms with Gasteiger partial charge in [0.2, 0.25) is 0 Å². The van der Waals surface area contributed by atoms with Crippen molar-refractivity contribution >= 4 is 29.9 Å². The van der Waals surface area contributed by atoms with E-state index in [0.29, 0.717) is 0 Å². The number of aryl methyl sites for hydroxylation is 3. The number of hydrogen-bond donors (Lipinski definition) is 2. The van der Waals surface area contributed by atoms with Gasteiger partial charge in [-0.25, -0.2) is 0 Å². The van der Waals surface area contributed by atoms with Gasteiger partial charge in [-0.1, -0.05) is 45.0 Å². The summed E-state index contributed by atoms with van der Waals surface area (Å²) in [6.45, 7) is 12.4. The molecule has 0 spiro atoms. The van der Waals surface area contributed by atoms with Crippen molar-refractivity contribution in [1.29, 1.82) is 0 Å². The topological polar surface area (TPSA) is 54.2 Å². The van der Waals surface area contributed by atoms with Crippen LogP contribution >= 0.6 is 24.0 Å². The van der Waals surface area contributed by atoms with Gasteiger partial charge in [0.05, 0.1) is 5.69 Å². The molecule has 0 aliphatic rings. The predicted octanol–water partition coefficient (Wildman–Crippen LogP) is 3.86. The van der Waals surface area contributed by atoms with E-state index in [4.69, 9.17) is 0 Å². The molecule has 0 aliphatic carbocycles. The van der Waals surface area contributed by atoms with Gasteiger partial charge >= 0.3 is 0 Å². The first kappa shape index (κ1) is 23.5. The minimum absolute atomic E-state index is 0. The van der Waals surface area contributed by atoms with Gasteiger partial charge in [0, 0.05) is 43.9 Å². The number of benzene rings is 1. The third-order valence-electron chi connectivity index (χ3n) is 5.16. The van der Waals surface area contributed by atoms with Crippen LogP contribution in [0.5, 0.6) is 0 Å². The van der Waals surface area contributed by atoms with Crippen LogP contribution in [0.2, 0.25) is 0 Å². The largest absolute Gasteiger partial charge is 0.356 e. The summed E-state index contributed by atoms with van der Waals surface area (Å²) < 4.78 is 1.92. The van der Waals surface area contributed by atoms with Gasteiger partial charge in [0.15, 0.2) is 5.96 Å². The Kier molecular flexibility index (Phi) is 8.78. The van der Waals surface area contributed by atoms with Crippen LogP contribution in [0.3, 0.4) is 0 Å². The number of halogens is 1. The van der Waals surface area contributed by atoms with E-state index >= 15 is 0 Å². The third-order valence-corrected chi connectivity index (χ3v) is 5.16. The maximum atomic E-state index is 4.47. The summed E-state index contributed by atoms with van der Waals surface area (Å²) in [7, 11) is 3.78. The van der Waals surface area contributed by atoms with Crippen LogP contribution in [0.1, 0.15) is 48.8 Å². The Morgan fingerprint density at radius 2 is 1.78 bits per heavy atom. The van der Waals surface area contributed by atoms with Crippen molar-refractivity contribution in [3.63, 3.8) is 0 Å². The zero-order valence-electron chi connectivity index (χ0n) is 17.7. The van der Waals surface area contributed by atoms with E-state index in [1.54, 1.807) is 7.05 Å². The second kappa shape index (κ2) is 10.1. The van der Waals surface area contributed by atoms with Crippen LogP contribution < -0.4 is 10.6 Å². The molecule has 27 heavy (non-hydrogen) atoms. The Morgan fingerprint density at radius 1 is 1.15 bits per heavy atom. The molecule has 2 rings (SSSR count). The van der Waals surface area contributed by atoms with E-state index in [0.717, 1.165) is 31.2 Å². The number of aromatic nitrogens is 2. The molecule has 0 fully saturated rings. The Bertz CT molecular complexity index is 760. The molecule has 0 bridgehead atoms. The summed E-state index contributed by atoms with van der Waals surface area (Å²) in [5, 5.41) is 11.3. The number of aliphatic imine (C=N–C) groups is 1. The molecule has 150 valence electrons. The molecule has 0 saturated carbocycles. The van der Waals surface area contributed by atoms with Crippen molar-refractivity contribution in [2.75, 3.05) is 13.6 Å². The van der Waals surface area contributed by atoms with Crippen molar-refractivity contribution < 1.29 is 0 Å². The molecular formula is C21H34IN5. The first-order chi connectivity index (χ1) is 12.3. The molecule has 6 heteroatoms. The van der Waals surface area contributed by atoms with Gasteiger partial charge in [0.1, 0.15) is 0 Å². The van der Waals surface area contributed by atoms with Crippen LogP contribution in [-0.2, 0) is 25.4 Å². The third kappa shape index (κ3) is 5.96. The molecule has 1 heterocycles. The number of guanidine groups is 1. The molecule has 0 unspecified atom stereocenters. The molecule has 0 aliphatic heterocycles. The van der Waals surface area contributed by atoms with Crippen LogP contribution in [0, 0.1) is 13.8 Å². The van der Waals surface area contributed by atoms with Crippen LogP contribution in [0.15, 0.2) is 29.3 Å². The van der Waals surface area contributed by atoms with E-state index in [1.807, 2.05) is 18.7 Å². The zero-order chi connectivity index (χ0) is 19.3. The lowest BCUT2D eigenvalue weighted by molar-refractivity contribution is 0.508. The SMILES string of the molecule is CCc1ccc(C(C)(C)CNC(=NC)NCc2c(C)nn(C)c2C)cc1.I. The summed E-state index contributed by atoms with van der Waals surface area (Å²) in [5.41, 5.74) is 6.19. The first-order valence-electron chi connectivity index (χ1n) is 9.31. The summed E-state index contributed by atoms with van der Waals surface area (Å²) in [6.07, 6.45) is 1.07. The lowest BCUT2D eigenvalue weighted by atomic mass is 9.84. The quantitative estimate of drug-likeness (QED) is 0.373. The van der Waals surface area contributed by atoms with Crippen molar-refractivity contribution in [2.24, 2.45) is 12.0 Å². The van der Waals surface area contributed by atoms with Crippen LogP contribution in [0.25, 0.3) is 0 Å². The number of rotatable bonds is 6. The van der Waals surface area contributed by atoms with Crippen molar-refractivity contribution in [1.82, 2.24) is 20.4 Å². The van der Waals surface area contributed by atoms with E-state index in [2.05, 4.69) is 72.7 Å². The number of hydrogen-bond acceptors (Lipinski definition) is 2. The van der Waals surface area contributed by atoms with Gasteiger partial charge in [-0.05, 0) is 31.4 Å². The molecule has 0 amide bonds. The fraction of sp³-hybridized carbons (Fsp3) is 0.524. The van der Waals surface area contributed by atoms with Crippen LogP contribution in [-0.4, -0.2) is 29.3 Å². The van der Waals surface area contributed by atoms with Gasteiger partial charge in [0.25, 0.3) is 0 Å². The van der Waals surface area contributed by atoms with Crippen molar-refractivity contribution in [3.8, 4) is 0 Å². The maximum Gasteiger partial charge on any atom is 0.191 e. The lowest BCUT2D eigenvalue weighted by Crippen LogP contribution is -2.43. The molecule has 5 nitrogen and oxygen atoms in total. The Morgan fingerprint density at radius 3 is 2.26 bits per heavy atom. The summed E-state index contributed by atoms with van der Waals surface area (Å²) >= 11 is 0. The second-order valence-corrected chi connectivity index (χ2v) is 7.49. The molecule has 1 aromatic carbocycles. The van der Waals surface area contributed by atoms with Crippen molar-refractivity contribution in [3.05, 3.63) is 52.3 Å². The highest BCUT2D eigenvalue weighted by Gasteiger charge is 2.21. The highest BCUT2D eigenvalue weighted by molar-refractivity contribution is 14.0. The van der Waals surface area contributed by atoms with E-state index in [-0.39, 0.29) is 29.4 Å². The lowest BCUT2D eigenvalue weighted by Gasteiger charge is -2.27. The molecule has 0 atom stereocenters. The van der Waals surface area contributed by atoms with Crippen LogP contribution in [0.4, 0.5) is 0 Å². The van der Waals surface area contributed by atoms with Gasteiger partial charge in [-0.2, -0.15) is 5.10 Å². The average Bonchev–Trinajstić information content (AvgIpc) is 2.87. The maximum absolute atomic E-state index is 4.47. The minimum atomic E-state index is 0. The molecule has 0 saturated heterocycles. The highest BCUT2D eigenvalue weighted by Crippen LogP contribution is 2.22. The standard InChI is InChI=1S/C21H33N5.HI/c1-8-17-9-11-18(12-10-17)21(4,5)14-24-20(22-6)23-13-19-15(2)25-26(7)16(19)3;/h9-12H,8,13-14H2,1-7H3,(H2,22,23,24);1H. The summed E-state index contributed by atoms with van der Waals surface area (Å²) in [4.78, 5) is 4.36. The number of nitrogens with one attached hydrogen (secondary N) is 2. The minimum Gasteiger partial charge on any atom is -0.356 e. The van der Waals surface area contributed by atoms with E-state index in [9.17, 15) is 0 Å². The summed E-state index contributed by atoms with van der Waals surface area (Å²) in [6, 6.07) is 8.91. The van der Waals surface area contributed by atoms with Gasteiger partial charge in [-0.3, -0.25) is 9.67 Å². The Balaban J connectivity index is 0.00000364. The normalized spacial score (nSPS) is 11.9. The Hall–Kier alpha value is -1.57. The smallest absolute Gasteiger partial charge is 0.191 e. The van der Waals surface area contributed by atoms with Crippen molar-refractivity contribution in [2.45, 2.75) is 53.0 Å². The molecule has 2 aromatic rings. The second-order valence-electron chi connectivity index (χ2n) is 7.49. The molecule has 0 radical (unpaired) electrons. The fourth-order valence-electron chi connectivity index (χ4n) is 3.06. The summed E-state index contributed by atoms with van der Waals surface area (Å²) in [5.74, 6) is 0.811. The van der Waals surface area contributed by atoms with E-state index in [1.165, 1.54) is 22.4 Å². The highest BCUT2D eigenvalue weighted by atomic mass is 127. The predicted molar refractivity (Wildman–Crippen MR) is 125 cm³/mol. The zero-order valence-corrected chi connectivity index (χ0v) is 20.0. The van der Waals surface area contributed by atoms with Gasteiger partial charge in [-0.15, -0.1) is 24.0 Å². The van der Waals surface area contributed by atoms with Gasteiger partial charge < -0.3 is 10.6 Å². The monoisotopic (exact) mass is 483 g/mol. The Labute approximate surface area is 181 Å². The average molecular weight is 483 g/mol. The molecule has 1 aromatic heterocycles. The first-order valence-corrected chi connectivity index (χ1v) is 9.31. The molecule has 2 N–H and O–H groups in total. The fourth-order valence-corrected chi connectivity index (χ4v) is 3.06. The molecular weight excluding hydrogens is 449 g/mol.